The van der Waals surface area contributed by atoms with Crippen LogP contribution in [0.25, 0.3) is 104 Å². The minimum absolute atomic E-state index is 0.860. The van der Waals surface area contributed by atoms with E-state index in [9.17, 15) is 0 Å². The second-order valence-electron chi connectivity index (χ2n) is 14.2. The molecular formula is C51H34N2O. The smallest absolute Gasteiger partial charge is 0.136 e. The van der Waals surface area contributed by atoms with Gasteiger partial charge < -0.3 is 4.42 Å². The molecule has 0 saturated carbocycles. The molecule has 11 aromatic rings. The van der Waals surface area contributed by atoms with E-state index in [1.165, 1.54) is 65.7 Å². The van der Waals surface area contributed by atoms with Crippen LogP contribution in [0.1, 0.15) is 12.7 Å². The summed E-state index contributed by atoms with van der Waals surface area (Å²) in [6.45, 7) is 2.17. The van der Waals surface area contributed by atoms with Crippen molar-refractivity contribution in [2.45, 2.75) is 13.3 Å². The topological polar surface area (TPSA) is 31.0 Å². The Labute approximate surface area is 312 Å². The average Bonchev–Trinajstić information content (AvgIpc) is 3.81. The fourth-order valence-electron chi connectivity index (χ4n) is 8.70. The highest BCUT2D eigenvalue weighted by molar-refractivity contribution is 6.26. The Kier molecular flexibility index (Phi) is 6.83. The molecule has 0 atom stereocenters. The van der Waals surface area contributed by atoms with Gasteiger partial charge in [0.2, 0.25) is 0 Å². The largest absolute Gasteiger partial charge is 0.456 e. The van der Waals surface area contributed by atoms with E-state index < -0.39 is 0 Å². The van der Waals surface area contributed by atoms with Crippen molar-refractivity contribution in [1.82, 2.24) is 9.55 Å². The van der Waals surface area contributed by atoms with Crippen LogP contribution >= 0.6 is 0 Å². The number of aryl methyl sites for hydroxylation is 1. The first-order valence-electron chi connectivity index (χ1n) is 18.7. The van der Waals surface area contributed by atoms with Crippen LogP contribution in [0.15, 0.2) is 180 Å². The Balaban J connectivity index is 1.18. The summed E-state index contributed by atoms with van der Waals surface area (Å²) in [6, 6.07) is 63.6. The molecule has 0 fully saturated rings. The molecule has 0 amide bonds. The first-order valence-corrected chi connectivity index (χ1v) is 18.7. The lowest BCUT2D eigenvalue weighted by atomic mass is 9.83. The second-order valence-corrected chi connectivity index (χ2v) is 14.2. The number of hydrogen-bond acceptors (Lipinski definition) is 2. The van der Waals surface area contributed by atoms with E-state index in [4.69, 9.17) is 9.40 Å². The molecule has 0 bridgehead atoms. The van der Waals surface area contributed by atoms with Gasteiger partial charge in [0.1, 0.15) is 17.0 Å². The number of nitrogens with zero attached hydrogens (tertiary/aromatic N) is 2. The number of furan rings is 1. The van der Waals surface area contributed by atoms with E-state index >= 15 is 0 Å². The van der Waals surface area contributed by atoms with Gasteiger partial charge in [-0.05, 0) is 114 Å². The van der Waals surface area contributed by atoms with Gasteiger partial charge in [-0.25, -0.2) is 4.98 Å². The highest BCUT2D eigenvalue weighted by atomic mass is 16.3. The van der Waals surface area contributed by atoms with Crippen LogP contribution in [-0.4, -0.2) is 9.55 Å². The summed E-state index contributed by atoms with van der Waals surface area (Å²) in [5.74, 6) is 1.07. The van der Waals surface area contributed by atoms with E-state index in [1.807, 2.05) is 6.07 Å². The summed E-state index contributed by atoms with van der Waals surface area (Å²) in [5, 5.41) is 9.58. The predicted molar refractivity (Wildman–Crippen MR) is 227 cm³/mol. The van der Waals surface area contributed by atoms with Crippen LogP contribution in [0.2, 0.25) is 0 Å². The van der Waals surface area contributed by atoms with Gasteiger partial charge in [-0.15, -0.1) is 0 Å². The molecule has 54 heavy (non-hydrogen) atoms. The van der Waals surface area contributed by atoms with Gasteiger partial charge in [0, 0.05) is 22.9 Å². The molecule has 0 aliphatic rings. The maximum absolute atomic E-state index is 6.43. The minimum Gasteiger partial charge on any atom is -0.456 e. The Morgan fingerprint density at radius 3 is 2.04 bits per heavy atom. The average molecular weight is 691 g/mol. The first kappa shape index (κ1) is 30.6. The SMILES string of the molecule is CCc1nc2ccccc2n1-c1ccc2cc(-c3c4ccccc4c(-c4cccc5oc6ccccc6c45)c4cc(-c5ccccc5)ccc34)ccc2c1. The Morgan fingerprint density at radius 2 is 1.17 bits per heavy atom. The number of rotatable bonds is 5. The second kappa shape index (κ2) is 12.0. The van der Waals surface area contributed by atoms with Crippen molar-refractivity contribution in [3.05, 3.63) is 182 Å². The van der Waals surface area contributed by atoms with Gasteiger partial charge in [0.15, 0.2) is 0 Å². The van der Waals surface area contributed by atoms with E-state index in [0.29, 0.717) is 0 Å². The molecule has 0 unspecified atom stereocenters. The predicted octanol–water partition coefficient (Wildman–Crippen LogP) is 13.9. The zero-order valence-corrected chi connectivity index (χ0v) is 29.8. The molecule has 3 nitrogen and oxygen atoms in total. The van der Waals surface area contributed by atoms with Crippen LogP contribution in [0, 0.1) is 0 Å². The molecule has 2 aromatic heterocycles. The monoisotopic (exact) mass is 690 g/mol. The number of fused-ring (bicyclic) bond motifs is 7. The lowest BCUT2D eigenvalue weighted by Gasteiger charge is -2.19. The van der Waals surface area contributed by atoms with Crippen LogP contribution in [0.3, 0.4) is 0 Å². The lowest BCUT2D eigenvalue weighted by Crippen LogP contribution is -2.00. The first-order chi connectivity index (χ1) is 26.7. The molecule has 0 aliphatic carbocycles. The highest BCUT2D eigenvalue weighted by Crippen LogP contribution is 2.48. The minimum atomic E-state index is 0.860. The van der Waals surface area contributed by atoms with Gasteiger partial charge >= 0.3 is 0 Å². The molecule has 0 aliphatic heterocycles. The summed E-state index contributed by atoms with van der Waals surface area (Å²) in [6.07, 6.45) is 0.860. The van der Waals surface area contributed by atoms with Crippen molar-refractivity contribution in [3.8, 4) is 39.1 Å². The molecular weight excluding hydrogens is 657 g/mol. The molecule has 3 heteroatoms. The zero-order chi connectivity index (χ0) is 35.8. The summed E-state index contributed by atoms with van der Waals surface area (Å²) in [7, 11) is 0. The molecule has 0 spiro atoms. The van der Waals surface area contributed by atoms with E-state index in [1.54, 1.807) is 0 Å². The van der Waals surface area contributed by atoms with Gasteiger partial charge in [-0.2, -0.15) is 0 Å². The number of aromatic nitrogens is 2. The standard InChI is InChI=1S/C51H34N2O/c1-2-48-52-44-19-9-10-20-45(44)53(48)37-27-25-33-29-36(24-23-34(33)30-37)49-38-15-6-7-16-39(38)50(43-31-35(26-28-40(43)49)32-13-4-3-5-14-32)42-18-12-22-47-51(42)41-17-8-11-21-46(41)54-47/h3-31H,2H2,1H3. The Hall–Kier alpha value is -6.97. The van der Waals surface area contributed by atoms with E-state index in [0.717, 1.165) is 50.9 Å². The van der Waals surface area contributed by atoms with Crippen LogP contribution in [-0.2, 0) is 6.42 Å². The van der Waals surface area contributed by atoms with Crippen molar-refractivity contribution in [1.29, 1.82) is 0 Å². The number of imidazole rings is 1. The summed E-state index contributed by atoms with van der Waals surface area (Å²) in [4.78, 5) is 4.94. The van der Waals surface area contributed by atoms with Gasteiger partial charge in [-0.1, -0.05) is 134 Å². The summed E-state index contributed by atoms with van der Waals surface area (Å²) >= 11 is 0. The Morgan fingerprint density at radius 1 is 0.481 bits per heavy atom. The third-order valence-corrected chi connectivity index (χ3v) is 11.1. The molecule has 2 heterocycles. The van der Waals surface area contributed by atoms with Gasteiger partial charge in [0.05, 0.1) is 11.0 Å². The summed E-state index contributed by atoms with van der Waals surface area (Å²) < 4.78 is 8.73. The maximum atomic E-state index is 6.43. The molecule has 9 aromatic carbocycles. The van der Waals surface area contributed by atoms with Gasteiger partial charge in [0.25, 0.3) is 0 Å². The molecule has 0 N–H and O–H groups in total. The molecule has 0 saturated heterocycles. The van der Waals surface area contributed by atoms with E-state index in [-0.39, 0.29) is 0 Å². The third-order valence-electron chi connectivity index (χ3n) is 11.1. The lowest BCUT2D eigenvalue weighted by molar-refractivity contribution is 0.669. The molecule has 11 rings (SSSR count). The quantitative estimate of drug-likeness (QED) is 0.168. The van der Waals surface area contributed by atoms with Crippen molar-refractivity contribution in [3.63, 3.8) is 0 Å². The van der Waals surface area contributed by atoms with Crippen molar-refractivity contribution in [2.24, 2.45) is 0 Å². The van der Waals surface area contributed by atoms with Crippen LogP contribution in [0.5, 0.6) is 0 Å². The number of para-hydroxylation sites is 3. The maximum Gasteiger partial charge on any atom is 0.136 e. The third kappa shape index (κ3) is 4.65. The van der Waals surface area contributed by atoms with E-state index in [2.05, 4.69) is 181 Å². The summed E-state index contributed by atoms with van der Waals surface area (Å²) in [5.41, 5.74) is 12.3. The van der Waals surface area contributed by atoms with Crippen LogP contribution in [0.4, 0.5) is 0 Å². The molecule has 254 valence electrons. The Bertz CT molecular complexity index is 3260. The van der Waals surface area contributed by atoms with Crippen molar-refractivity contribution < 1.29 is 4.42 Å². The zero-order valence-electron chi connectivity index (χ0n) is 29.8. The van der Waals surface area contributed by atoms with Gasteiger partial charge in [-0.3, -0.25) is 4.57 Å². The fourth-order valence-corrected chi connectivity index (χ4v) is 8.70. The molecule has 0 radical (unpaired) electrons. The van der Waals surface area contributed by atoms with Crippen LogP contribution < -0.4 is 0 Å². The normalized spacial score (nSPS) is 11.9. The van der Waals surface area contributed by atoms with Crippen molar-refractivity contribution >= 4 is 65.3 Å². The highest BCUT2D eigenvalue weighted by Gasteiger charge is 2.21. The fraction of sp³-hybridized carbons (Fsp3) is 0.0392. The van der Waals surface area contributed by atoms with Crippen molar-refractivity contribution in [2.75, 3.05) is 0 Å². The number of benzene rings is 9. The number of hydrogen-bond donors (Lipinski definition) is 0.